The van der Waals surface area contributed by atoms with Gasteiger partial charge < -0.3 is 10.6 Å². The van der Waals surface area contributed by atoms with Gasteiger partial charge in [-0.25, -0.2) is 4.98 Å². The van der Waals surface area contributed by atoms with Crippen LogP contribution < -0.4 is 10.6 Å². The Bertz CT molecular complexity index is 745. The number of guanidine groups is 1. The van der Waals surface area contributed by atoms with Gasteiger partial charge in [-0.1, -0.05) is 24.3 Å². The molecule has 0 saturated heterocycles. The first-order valence-corrected chi connectivity index (χ1v) is 10.1. The van der Waals surface area contributed by atoms with Crippen LogP contribution in [0.3, 0.4) is 0 Å². The van der Waals surface area contributed by atoms with Gasteiger partial charge in [-0.3, -0.25) is 9.89 Å². The smallest absolute Gasteiger partial charge is 0.191 e. The Labute approximate surface area is 183 Å². The maximum Gasteiger partial charge on any atom is 0.191 e. The maximum absolute atomic E-state index is 4.40. The van der Waals surface area contributed by atoms with Crippen LogP contribution in [0, 0.1) is 6.92 Å². The molecule has 2 heterocycles. The first-order valence-electron chi connectivity index (χ1n) is 9.32. The lowest BCUT2D eigenvalue weighted by Crippen LogP contribution is -2.47. The average molecular weight is 499 g/mol. The number of nitrogens with one attached hydrogen (secondary N) is 2. The first kappa shape index (κ1) is 22.1. The van der Waals surface area contributed by atoms with Gasteiger partial charge >= 0.3 is 0 Å². The second-order valence-corrected chi connectivity index (χ2v) is 8.15. The third kappa shape index (κ3) is 6.43. The van der Waals surface area contributed by atoms with Crippen LogP contribution in [-0.2, 0) is 19.4 Å². The van der Waals surface area contributed by atoms with Crippen LogP contribution in [-0.4, -0.2) is 48.6 Å². The standard InChI is InChI=1S/C20H29N5S.HI/c1-15(25-11-9-17-6-4-5-7-18(17)14-25)12-24-20(21-3)22-10-8-19-23-13-16(2)26-19;/h4-7,13,15H,8-12,14H2,1-3H3,(H2,21,22,24);1H. The number of aliphatic imine (C=N–C) groups is 1. The highest BCUT2D eigenvalue weighted by molar-refractivity contribution is 14.0. The van der Waals surface area contributed by atoms with Gasteiger partial charge in [0, 0.05) is 56.8 Å². The average Bonchev–Trinajstić information content (AvgIpc) is 3.09. The highest BCUT2D eigenvalue weighted by Crippen LogP contribution is 2.19. The van der Waals surface area contributed by atoms with Crippen molar-refractivity contribution < 1.29 is 0 Å². The van der Waals surface area contributed by atoms with E-state index in [2.05, 4.69) is 63.6 Å². The molecule has 1 aromatic carbocycles. The molecule has 27 heavy (non-hydrogen) atoms. The number of halogens is 1. The molecule has 0 spiro atoms. The van der Waals surface area contributed by atoms with E-state index in [0.29, 0.717) is 6.04 Å². The topological polar surface area (TPSA) is 52.6 Å². The molecule has 148 valence electrons. The lowest BCUT2D eigenvalue weighted by atomic mass is 9.99. The number of aryl methyl sites for hydroxylation is 1. The van der Waals surface area contributed by atoms with E-state index in [-0.39, 0.29) is 24.0 Å². The fourth-order valence-corrected chi connectivity index (χ4v) is 4.08. The van der Waals surface area contributed by atoms with Crippen molar-refractivity contribution in [3.05, 3.63) is 51.5 Å². The van der Waals surface area contributed by atoms with Gasteiger partial charge in [0.05, 0.1) is 5.01 Å². The quantitative estimate of drug-likeness (QED) is 0.364. The summed E-state index contributed by atoms with van der Waals surface area (Å²) in [6, 6.07) is 9.25. The zero-order valence-electron chi connectivity index (χ0n) is 16.4. The predicted octanol–water partition coefficient (Wildman–Crippen LogP) is 3.22. The number of nitrogens with zero attached hydrogens (tertiary/aromatic N) is 3. The van der Waals surface area contributed by atoms with Crippen LogP contribution in [0.25, 0.3) is 0 Å². The number of benzene rings is 1. The fourth-order valence-electron chi connectivity index (χ4n) is 3.29. The molecule has 3 rings (SSSR count). The summed E-state index contributed by atoms with van der Waals surface area (Å²) in [6.07, 6.45) is 4.00. The van der Waals surface area contributed by atoms with Crippen LogP contribution in [0.15, 0.2) is 35.5 Å². The van der Waals surface area contributed by atoms with E-state index in [1.54, 1.807) is 11.3 Å². The third-order valence-corrected chi connectivity index (χ3v) is 5.85. The molecule has 1 aliphatic heterocycles. The van der Waals surface area contributed by atoms with E-state index >= 15 is 0 Å². The van der Waals surface area contributed by atoms with E-state index in [1.165, 1.54) is 21.0 Å². The molecular weight excluding hydrogens is 469 g/mol. The molecule has 1 aromatic heterocycles. The van der Waals surface area contributed by atoms with Gasteiger partial charge in [0.25, 0.3) is 0 Å². The number of rotatable bonds is 6. The highest BCUT2D eigenvalue weighted by Gasteiger charge is 2.20. The van der Waals surface area contributed by atoms with E-state index < -0.39 is 0 Å². The zero-order valence-corrected chi connectivity index (χ0v) is 19.5. The molecule has 1 atom stereocenters. The molecule has 0 fully saturated rings. The summed E-state index contributed by atoms with van der Waals surface area (Å²) >= 11 is 1.76. The van der Waals surface area contributed by atoms with Crippen molar-refractivity contribution in [3.63, 3.8) is 0 Å². The van der Waals surface area contributed by atoms with Crippen molar-refractivity contribution in [2.45, 2.75) is 39.3 Å². The molecule has 7 heteroatoms. The largest absolute Gasteiger partial charge is 0.356 e. The lowest BCUT2D eigenvalue weighted by Gasteiger charge is -2.34. The number of fused-ring (bicyclic) bond motifs is 1. The molecule has 1 unspecified atom stereocenters. The van der Waals surface area contributed by atoms with Gasteiger partial charge in [0.1, 0.15) is 0 Å². The van der Waals surface area contributed by atoms with Gasteiger partial charge in [-0.05, 0) is 31.4 Å². The van der Waals surface area contributed by atoms with Crippen LogP contribution in [0.5, 0.6) is 0 Å². The zero-order chi connectivity index (χ0) is 18.4. The SMILES string of the molecule is CN=C(NCCc1ncc(C)s1)NCC(C)N1CCc2ccccc2C1.I. The maximum atomic E-state index is 4.40. The minimum atomic E-state index is 0. The second kappa shape index (κ2) is 11.0. The summed E-state index contributed by atoms with van der Waals surface area (Å²) in [5, 5.41) is 8.02. The van der Waals surface area contributed by atoms with Crippen LogP contribution in [0.4, 0.5) is 0 Å². The summed E-state index contributed by atoms with van der Waals surface area (Å²) in [6.45, 7) is 8.27. The number of hydrogen-bond donors (Lipinski definition) is 2. The molecular formula is C20H30IN5S. The Morgan fingerprint density at radius 1 is 1.30 bits per heavy atom. The monoisotopic (exact) mass is 499 g/mol. The van der Waals surface area contributed by atoms with Gasteiger partial charge in [0.2, 0.25) is 0 Å². The number of thiazole rings is 1. The molecule has 0 amide bonds. The minimum absolute atomic E-state index is 0. The fraction of sp³-hybridized carbons (Fsp3) is 0.500. The Kier molecular flexibility index (Phi) is 8.98. The van der Waals surface area contributed by atoms with Crippen molar-refractivity contribution in [3.8, 4) is 0 Å². The van der Waals surface area contributed by atoms with E-state index in [9.17, 15) is 0 Å². The van der Waals surface area contributed by atoms with Crippen molar-refractivity contribution >= 4 is 41.3 Å². The third-order valence-electron chi connectivity index (χ3n) is 4.87. The predicted molar refractivity (Wildman–Crippen MR) is 125 cm³/mol. The normalized spacial score (nSPS) is 15.6. The summed E-state index contributed by atoms with van der Waals surface area (Å²) in [5.41, 5.74) is 2.96. The molecule has 0 saturated carbocycles. The Balaban J connectivity index is 0.00000261. The van der Waals surface area contributed by atoms with Crippen LogP contribution >= 0.6 is 35.3 Å². The molecule has 1 aliphatic rings. The molecule has 5 nitrogen and oxygen atoms in total. The lowest BCUT2D eigenvalue weighted by molar-refractivity contribution is 0.191. The van der Waals surface area contributed by atoms with Gasteiger partial charge in [-0.2, -0.15) is 0 Å². The van der Waals surface area contributed by atoms with E-state index in [0.717, 1.165) is 45.0 Å². The minimum Gasteiger partial charge on any atom is -0.356 e. The second-order valence-electron chi connectivity index (χ2n) is 6.83. The number of aromatic nitrogens is 1. The van der Waals surface area contributed by atoms with Crippen molar-refractivity contribution in [2.75, 3.05) is 26.7 Å². The molecule has 2 aromatic rings. The summed E-state index contributed by atoms with van der Waals surface area (Å²) in [5.74, 6) is 0.863. The Hall–Kier alpha value is -1.19. The van der Waals surface area contributed by atoms with Crippen LogP contribution in [0.1, 0.15) is 27.9 Å². The van der Waals surface area contributed by atoms with E-state index in [4.69, 9.17) is 0 Å². The van der Waals surface area contributed by atoms with Gasteiger partial charge in [0.15, 0.2) is 5.96 Å². The van der Waals surface area contributed by atoms with E-state index in [1.807, 2.05) is 13.2 Å². The van der Waals surface area contributed by atoms with Crippen molar-refractivity contribution in [1.82, 2.24) is 20.5 Å². The number of hydrogen-bond acceptors (Lipinski definition) is 4. The highest BCUT2D eigenvalue weighted by atomic mass is 127. The van der Waals surface area contributed by atoms with Gasteiger partial charge in [-0.15, -0.1) is 35.3 Å². The Morgan fingerprint density at radius 2 is 2.07 bits per heavy atom. The summed E-state index contributed by atoms with van der Waals surface area (Å²) in [4.78, 5) is 12.5. The summed E-state index contributed by atoms with van der Waals surface area (Å²) in [7, 11) is 1.82. The first-order chi connectivity index (χ1) is 12.7. The molecule has 0 bridgehead atoms. The Morgan fingerprint density at radius 3 is 2.78 bits per heavy atom. The molecule has 0 radical (unpaired) electrons. The summed E-state index contributed by atoms with van der Waals surface area (Å²) < 4.78 is 0. The van der Waals surface area contributed by atoms with Crippen molar-refractivity contribution in [2.24, 2.45) is 4.99 Å². The molecule has 2 N–H and O–H groups in total. The van der Waals surface area contributed by atoms with Crippen molar-refractivity contribution in [1.29, 1.82) is 0 Å². The molecule has 0 aliphatic carbocycles. The van der Waals surface area contributed by atoms with Crippen LogP contribution in [0.2, 0.25) is 0 Å².